The summed E-state index contributed by atoms with van der Waals surface area (Å²) in [7, 11) is -1.84. The minimum Gasteiger partial charge on any atom is -0.489 e. The number of aryl methyl sites for hydroxylation is 1. The summed E-state index contributed by atoms with van der Waals surface area (Å²) in [5.41, 5.74) is 1.37. The Morgan fingerprint density at radius 2 is 1.95 bits per heavy atom. The van der Waals surface area contributed by atoms with Gasteiger partial charge in [-0.25, -0.2) is 4.39 Å². The average molecular weight is 295 g/mol. The van der Waals surface area contributed by atoms with Gasteiger partial charge in [-0.3, -0.25) is 0 Å². The summed E-state index contributed by atoms with van der Waals surface area (Å²) in [5, 5.41) is 18.7. The highest BCUT2D eigenvalue weighted by Crippen LogP contribution is 2.21. The zero-order valence-corrected chi connectivity index (χ0v) is 11.6. The van der Waals surface area contributed by atoms with E-state index in [-0.39, 0.29) is 12.1 Å². The van der Waals surface area contributed by atoms with E-state index in [1.54, 1.807) is 18.2 Å². The van der Waals surface area contributed by atoms with Gasteiger partial charge in [-0.1, -0.05) is 23.7 Å². The highest BCUT2D eigenvalue weighted by molar-refractivity contribution is 6.58. The fraction of sp³-hybridized carbons (Fsp3) is 0.143. The predicted octanol–water partition coefficient (Wildman–Crippen LogP) is 2.05. The molecule has 0 heterocycles. The number of ether oxygens (including phenoxy) is 1. The van der Waals surface area contributed by atoms with Crippen LogP contribution in [0.25, 0.3) is 0 Å². The van der Waals surface area contributed by atoms with Crippen LogP contribution >= 0.6 is 11.6 Å². The number of halogens is 2. The highest BCUT2D eigenvalue weighted by Gasteiger charge is 2.16. The molecule has 3 nitrogen and oxygen atoms in total. The van der Waals surface area contributed by atoms with Crippen molar-refractivity contribution >= 4 is 24.2 Å². The van der Waals surface area contributed by atoms with Crippen molar-refractivity contribution in [3.05, 3.63) is 58.4 Å². The van der Waals surface area contributed by atoms with E-state index in [9.17, 15) is 4.39 Å². The summed E-state index contributed by atoms with van der Waals surface area (Å²) >= 11 is 5.92. The van der Waals surface area contributed by atoms with E-state index in [1.165, 1.54) is 18.2 Å². The minimum atomic E-state index is -1.84. The summed E-state index contributed by atoms with van der Waals surface area (Å²) in [6.07, 6.45) is 0. The van der Waals surface area contributed by atoms with Gasteiger partial charge in [0.05, 0.1) is 0 Å². The summed E-state index contributed by atoms with van der Waals surface area (Å²) in [6.45, 7) is 2.06. The summed E-state index contributed by atoms with van der Waals surface area (Å²) < 4.78 is 18.9. The third-order valence-corrected chi connectivity index (χ3v) is 3.30. The van der Waals surface area contributed by atoms with Crippen LogP contribution in [0.5, 0.6) is 5.75 Å². The van der Waals surface area contributed by atoms with Gasteiger partial charge in [0.1, 0.15) is 18.2 Å². The van der Waals surface area contributed by atoms with E-state index in [1.807, 2.05) is 6.92 Å². The van der Waals surface area contributed by atoms with Crippen LogP contribution in [0, 0.1) is 12.7 Å². The molecule has 0 unspecified atom stereocenters. The molecule has 0 bridgehead atoms. The van der Waals surface area contributed by atoms with Crippen LogP contribution in [0.4, 0.5) is 4.39 Å². The van der Waals surface area contributed by atoms with Crippen molar-refractivity contribution in [1.29, 1.82) is 0 Å². The Morgan fingerprint density at radius 3 is 2.60 bits per heavy atom. The third kappa shape index (κ3) is 3.51. The molecule has 2 rings (SSSR count). The first-order valence-electron chi connectivity index (χ1n) is 6.01. The SMILES string of the molecule is Cc1cc(OCc2ccc(F)c(B(O)O)c2)ccc1Cl. The number of benzene rings is 2. The molecule has 2 N–H and O–H groups in total. The van der Waals surface area contributed by atoms with Gasteiger partial charge in [-0.2, -0.15) is 0 Å². The molecule has 0 saturated carbocycles. The third-order valence-electron chi connectivity index (χ3n) is 2.87. The second-order valence-corrected chi connectivity index (χ2v) is 4.84. The zero-order valence-electron chi connectivity index (χ0n) is 10.8. The van der Waals surface area contributed by atoms with E-state index >= 15 is 0 Å². The lowest BCUT2D eigenvalue weighted by Gasteiger charge is -2.09. The van der Waals surface area contributed by atoms with Crippen LogP contribution in [0.2, 0.25) is 5.02 Å². The molecule has 0 aromatic heterocycles. The highest BCUT2D eigenvalue weighted by atomic mass is 35.5. The lowest BCUT2D eigenvalue weighted by atomic mass is 9.79. The number of hydrogen-bond donors (Lipinski definition) is 2. The van der Waals surface area contributed by atoms with Gasteiger partial charge in [-0.05, 0) is 42.3 Å². The quantitative estimate of drug-likeness (QED) is 0.849. The van der Waals surface area contributed by atoms with Crippen molar-refractivity contribution in [3.8, 4) is 5.75 Å². The summed E-state index contributed by atoms with van der Waals surface area (Å²) in [5.74, 6) is -0.0200. The average Bonchev–Trinajstić information content (AvgIpc) is 2.41. The lowest BCUT2D eigenvalue weighted by Crippen LogP contribution is -2.33. The van der Waals surface area contributed by atoms with Crippen molar-refractivity contribution in [2.24, 2.45) is 0 Å². The Labute approximate surface area is 121 Å². The molecule has 0 spiro atoms. The molecule has 2 aromatic carbocycles. The first-order valence-corrected chi connectivity index (χ1v) is 6.38. The standard InChI is InChI=1S/C14H13BClFO3/c1-9-6-11(3-4-13(9)16)20-8-10-2-5-14(17)12(7-10)15(18)19/h2-7,18-19H,8H2,1H3. The molecule has 0 amide bonds. The Balaban J connectivity index is 2.10. The Bertz CT molecular complexity index is 619. The van der Waals surface area contributed by atoms with Crippen LogP contribution in [0.3, 0.4) is 0 Å². The smallest absolute Gasteiger partial charge is 0.489 e. The van der Waals surface area contributed by atoms with Crippen LogP contribution in [0.1, 0.15) is 11.1 Å². The van der Waals surface area contributed by atoms with Crippen LogP contribution < -0.4 is 10.2 Å². The molecule has 0 fully saturated rings. The second kappa shape index (κ2) is 6.26. The Hall–Kier alpha value is -1.56. The van der Waals surface area contributed by atoms with Crippen molar-refractivity contribution in [3.63, 3.8) is 0 Å². The van der Waals surface area contributed by atoms with Gasteiger partial charge < -0.3 is 14.8 Å². The van der Waals surface area contributed by atoms with Gasteiger partial charge in [0, 0.05) is 10.5 Å². The largest absolute Gasteiger partial charge is 0.491 e. The molecule has 2 aromatic rings. The van der Waals surface area contributed by atoms with Gasteiger partial charge in [-0.15, -0.1) is 0 Å². The molecular formula is C14H13BClFO3. The van der Waals surface area contributed by atoms with Crippen molar-refractivity contribution < 1.29 is 19.2 Å². The van der Waals surface area contributed by atoms with E-state index in [2.05, 4.69) is 0 Å². The lowest BCUT2D eigenvalue weighted by molar-refractivity contribution is 0.306. The van der Waals surface area contributed by atoms with Gasteiger partial charge in [0.25, 0.3) is 0 Å². The molecule has 104 valence electrons. The minimum absolute atomic E-state index is 0.168. The van der Waals surface area contributed by atoms with Gasteiger partial charge >= 0.3 is 7.12 Å². The van der Waals surface area contributed by atoms with E-state index in [0.29, 0.717) is 16.3 Å². The fourth-order valence-electron chi connectivity index (χ4n) is 1.75. The fourth-order valence-corrected chi connectivity index (χ4v) is 1.87. The van der Waals surface area contributed by atoms with E-state index in [4.69, 9.17) is 26.4 Å². The maximum absolute atomic E-state index is 13.3. The number of hydrogen-bond acceptors (Lipinski definition) is 3. The maximum Gasteiger partial charge on any atom is 0.491 e. The summed E-state index contributed by atoms with van der Waals surface area (Å²) in [6, 6.07) is 9.35. The first kappa shape index (κ1) is 14.8. The molecule has 0 aliphatic rings. The van der Waals surface area contributed by atoms with Gasteiger partial charge in [0.2, 0.25) is 0 Å². The number of rotatable bonds is 4. The van der Waals surface area contributed by atoms with Crippen LogP contribution in [-0.2, 0) is 6.61 Å². The normalized spacial score (nSPS) is 10.4. The first-order chi connectivity index (χ1) is 9.47. The van der Waals surface area contributed by atoms with Crippen molar-refractivity contribution in [2.75, 3.05) is 0 Å². The van der Waals surface area contributed by atoms with Crippen LogP contribution in [-0.4, -0.2) is 17.2 Å². The van der Waals surface area contributed by atoms with E-state index < -0.39 is 12.9 Å². The predicted molar refractivity (Wildman–Crippen MR) is 76.7 cm³/mol. The zero-order chi connectivity index (χ0) is 14.7. The summed E-state index contributed by atoms with van der Waals surface area (Å²) in [4.78, 5) is 0. The van der Waals surface area contributed by atoms with Crippen molar-refractivity contribution in [2.45, 2.75) is 13.5 Å². The molecule has 6 heteroatoms. The van der Waals surface area contributed by atoms with Gasteiger partial charge in [0.15, 0.2) is 0 Å². The Morgan fingerprint density at radius 1 is 1.20 bits per heavy atom. The topological polar surface area (TPSA) is 49.7 Å². The second-order valence-electron chi connectivity index (χ2n) is 4.43. The molecule has 20 heavy (non-hydrogen) atoms. The maximum atomic E-state index is 13.3. The monoisotopic (exact) mass is 294 g/mol. The molecule has 0 aliphatic carbocycles. The molecule has 0 saturated heterocycles. The molecule has 0 radical (unpaired) electrons. The molecule has 0 aliphatic heterocycles. The van der Waals surface area contributed by atoms with Crippen LogP contribution in [0.15, 0.2) is 36.4 Å². The molecular weight excluding hydrogens is 281 g/mol. The van der Waals surface area contributed by atoms with Crippen molar-refractivity contribution in [1.82, 2.24) is 0 Å². The van der Waals surface area contributed by atoms with E-state index in [0.717, 1.165) is 5.56 Å². The molecule has 0 atom stereocenters. The Kier molecular flexibility index (Phi) is 4.65.